The minimum absolute atomic E-state index is 0.182. The van der Waals surface area contributed by atoms with E-state index in [9.17, 15) is 10.1 Å². The van der Waals surface area contributed by atoms with Gasteiger partial charge in [-0.1, -0.05) is 12.1 Å². The highest BCUT2D eigenvalue weighted by molar-refractivity contribution is 5.34. The number of nitro benzene ring substituents is 1. The molecule has 1 atom stereocenters. The Labute approximate surface area is 82.1 Å². The molecule has 1 aliphatic rings. The fraction of sp³-hybridized carbons (Fsp3) is 0.400. The van der Waals surface area contributed by atoms with Crippen molar-refractivity contribution in [2.24, 2.45) is 0 Å². The van der Waals surface area contributed by atoms with E-state index in [0.29, 0.717) is 6.04 Å². The third-order valence-corrected chi connectivity index (χ3v) is 2.53. The minimum atomic E-state index is -0.350. The Morgan fingerprint density at radius 2 is 2.36 bits per heavy atom. The van der Waals surface area contributed by atoms with Crippen molar-refractivity contribution in [3.05, 3.63) is 39.9 Å². The molecular weight excluding hydrogens is 180 g/mol. The summed E-state index contributed by atoms with van der Waals surface area (Å²) in [5.74, 6) is 0. The zero-order valence-electron chi connectivity index (χ0n) is 7.77. The van der Waals surface area contributed by atoms with Crippen LogP contribution in [0.25, 0.3) is 0 Å². The molecular formula is C10H12N2O2. The first-order valence-corrected chi connectivity index (χ1v) is 4.72. The monoisotopic (exact) mass is 192 g/mol. The fourth-order valence-corrected chi connectivity index (χ4v) is 1.60. The van der Waals surface area contributed by atoms with E-state index >= 15 is 0 Å². The smallest absolute Gasteiger partial charge is 0.269 e. The second-order valence-corrected chi connectivity index (χ2v) is 3.57. The molecule has 0 amide bonds. The number of nitro groups is 1. The lowest BCUT2D eigenvalue weighted by atomic mass is 9.98. The van der Waals surface area contributed by atoms with Crippen molar-refractivity contribution >= 4 is 5.69 Å². The van der Waals surface area contributed by atoms with Gasteiger partial charge in [-0.25, -0.2) is 0 Å². The van der Waals surface area contributed by atoms with E-state index in [-0.39, 0.29) is 10.6 Å². The summed E-state index contributed by atoms with van der Waals surface area (Å²) in [5.41, 5.74) is 1.22. The summed E-state index contributed by atoms with van der Waals surface area (Å²) >= 11 is 0. The summed E-state index contributed by atoms with van der Waals surface area (Å²) in [6, 6.07) is 7.37. The highest BCUT2D eigenvalue weighted by Gasteiger charge is 2.17. The highest BCUT2D eigenvalue weighted by atomic mass is 16.6. The number of non-ortho nitro benzene ring substituents is 1. The molecule has 0 aliphatic carbocycles. The van der Waals surface area contributed by atoms with Crippen molar-refractivity contribution in [2.75, 3.05) is 6.54 Å². The highest BCUT2D eigenvalue weighted by Crippen LogP contribution is 2.16. The van der Waals surface area contributed by atoms with E-state index in [1.165, 1.54) is 12.5 Å². The van der Waals surface area contributed by atoms with Crippen LogP contribution in [0.2, 0.25) is 0 Å². The normalized spacial score (nSPS) is 20.1. The molecule has 0 unspecified atom stereocenters. The predicted molar refractivity (Wildman–Crippen MR) is 53.2 cm³/mol. The lowest BCUT2D eigenvalue weighted by molar-refractivity contribution is -0.384. The largest absolute Gasteiger partial charge is 0.314 e. The van der Waals surface area contributed by atoms with Crippen LogP contribution in [0.15, 0.2) is 24.3 Å². The van der Waals surface area contributed by atoms with Crippen LogP contribution >= 0.6 is 0 Å². The molecule has 1 aromatic rings. The maximum absolute atomic E-state index is 10.5. The Hall–Kier alpha value is -1.42. The van der Waals surface area contributed by atoms with Gasteiger partial charge in [0.1, 0.15) is 0 Å². The summed E-state index contributed by atoms with van der Waals surface area (Å²) in [7, 11) is 0. The maximum Gasteiger partial charge on any atom is 0.269 e. The van der Waals surface area contributed by atoms with Crippen molar-refractivity contribution in [3.63, 3.8) is 0 Å². The lowest BCUT2D eigenvalue weighted by Crippen LogP contribution is -2.44. The third kappa shape index (κ3) is 1.90. The second kappa shape index (κ2) is 3.75. The predicted octanol–water partition coefficient (Wildman–Crippen LogP) is 1.50. The van der Waals surface area contributed by atoms with Gasteiger partial charge in [0.15, 0.2) is 0 Å². The molecule has 1 saturated heterocycles. The molecule has 2 rings (SSSR count). The molecule has 1 fully saturated rings. The quantitative estimate of drug-likeness (QED) is 0.583. The van der Waals surface area contributed by atoms with Crippen molar-refractivity contribution in [1.29, 1.82) is 0 Å². The Balaban J connectivity index is 2.09. The van der Waals surface area contributed by atoms with Gasteiger partial charge in [-0.15, -0.1) is 0 Å². The molecule has 74 valence electrons. The van der Waals surface area contributed by atoms with Gasteiger partial charge < -0.3 is 5.32 Å². The minimum Gasteiger partial charge on any atom is -0.314 e. The van der Waals surface area contributed by atoms with Crippen molar-refractivity contribution in [1.82, 2.24) is 5.32 Å². The number of benzene rings is 1. The number of hydrogen-bond acceptors (Lipinski definition) is 3. The first kappa shape index (κ1) is 9.15. The van der Waals surface area contributed by atoms with Crippen LogP contribution in [-0.2, 0) is 6.42 Å². The van der Waals surface area contributed by atoms with E-state index < -0.39 is 0 Å². The van der Waals surface area contributed by atoms with Crippen LogP contribution in [0.4, 0.5) is 5.69 Å². The first-order valence-electron chi connectivity index (χ1n) is 4.72. The molecule has 1 N–H and O–H groups in total. The maximum atomic E-state index is 10.5. The Kier molecular flexibility index (Phi) is 2.45. The van der Waals surface area contributed by atoms with E-state index in [4.69, 9.17) is 0 Å². The van der Waals surface area contributed by atoms with Crippen LogP contribution in [0.3, 0.4) is 0 Å². The molecule has 4 nitrogen and oxygen atoms in total. The van der Waals surface area contributed by atoms with Gasteiger partial charge in [-0.2, -0.15) is 0 Å². The lowest BCUT2D eigenvalue weighted by Gasteiger charge is -2.27. The van der Waals surface area contributed by atoms with Crippen molar-refractivity contribution < 1.29 is 4.92 Å². The van der Waals surface area contributed by atoms with E-state index in [2.05, 4.69) is 5.32 Å². The molecule has 1 aromatic carbocycles. The van der Waals surface area contributed by atoms with Crippen molar-refractivity contribution in [3.8, 4) is 0 Å². The van der Waals surface area contributed by atoms with Crippen LogP contribution < -0.4 is 5.32 Å². The number of nitrogens with zero attached hydrogens (tertiary/aromatic N) is 1. The van der Waals surface area contributed by atoms with E-state index in [0.717, 1.165) is 18.5 Å². The number of hydrogen-bond donors (Lipinski definition) is 1. The zero-order chi connectivity index (χ0) is 9.97. The molecule has 0 bridgehead atoms. The zero-order valence-corrected chi connectivity index (χ0v) is 7.77. The molecule has 1 aliphatic heterocycles. The van der Waals surface area contributed by atoms with Gasteiger partial charge in [-0.05, 0) is 24.9 Å². The van der Waals surface area contributed by atoms with E-state index in [1.807, 2.05) is 6.07 Å². The fourth-order valence-electron chi connectivity index (χ4n) is 1.60. The average Bonchev–Trinajstić information content (AvgIpc) is 2.12. The third-order valence-electron chi connectivity index (χ3n) is 2.53. The Bertz CT molecular complexity index is 348. The average molecular weight is 192 g/mol. The topological polar surface area (TPSA) is 55.2 Å². The van der Waals surface area contributed by atoms with Crippen LogP contribution in [0.5, 0.6) is 0 Å². The van der Waals surface area contributed by atoms with Gasteiger partial charge in [-0.3, -0.25) is 10.1 Å². The van der Waals surface area contributed by atoms with Gasteiger partial charge in [0.05, 0.1) is 4.92 Å². The molecule has 0 radical (unpaired) electrons. The van der Waals surface area contributed by atoms with Gasteiger partial charge in [0, 0.05) is 18.2 Å². The van der Waals surface area contributed by atoms with Gasteiger partial charge in [0.25, 0.3) is 5.69 Å². The summed E-state index contributed by atoms with van der Waals surface area (Å²) < 4.78 is 0. The van der Waals surface area contributed by atoms with Crippen LogP contribution in [0.1, 0.15) is 12.0 Å². The molecule has 0 aromatic heterocycles. The van der Waals surface area contributed by atoms with E-state index in [1.54, 1.807) is 12.1 Å². The van der Waals surface area contributed by atoms with Crippen LogP contribution in [-0.4, -0.2) is 17.5 Å². The summed E-state index contributed by atoms with van der Waals surface area (Å²) in [6.07, 6.45) is 2.06. The molecule has 0 spiro atoms. The Morgan fingerprint density at radius 3 is 2.93 bits per heavy atom. The number of rotatable bonds is 3. The first-order chi connectivity index (χ1) is 6.75. The van der Waals surface area contributed by atoms with Gasteiger partial charge >= 0.3 is 0 Å². The number of nitrogens with one attached hydrogen (secondary N) is 1. The standard InChI is InChI=1S/C10H12N2O2/c13-12(14)10-3-1-2-8(7-10)6-9-4-5-11-9/h1-3,7,9,11H,4-6H2/t9-/m1/s1. The SMILES string of the molecule is O=[N+]([O-])c1cccc(C[C@H]2CCN2)c1. The van der Waals surface area contributed by atoms with Crippen molar-refractivity contribution in [2.45, 2.75) is 18.9 Å². The summed E-state index contributed by atoms with van der Waals surface area (Å²) in [5, 5.41) is 13.8. The second-order valence-electron chi connectivity index (χ2n) is 3.57. The molecule has 0 saturated carbocycles. The Morgan fingerprint density at radius 1 is 1.57 bits per heavy atom. The van der Waals surface area contributed by atoms with Gasteiger partial charge in [0.2, 0.25) is 0 Å². The summed E-state index contributed by atoms with van der Waals surface area (Å²) in [4.78, 5) is 10.2. The molecule has 1 heterocycles. The molecule has 4 heteroatoms. The summed E-state index contributed by atoms with van der Waals surface area (Å²) in [6.45, 7) is 1.07. The van der Waals surface area contributed by atoms with Crippen LogP contribution in [0, 0.1) is 10.1 Å². The molecule has 14 heavy (non-hydrogen) atoms.